The number of nitrogens with one attached hydrogen (secondary N) is 1. The van der Waals surface area contributed by atoms with Crippen LogP contribution < -0.4 is 14.8 Å². The third-order valence-electron chi connectivity index (χ3n) is 4.88. The van der Waals surface area contributed by atoms with Crippen molar-refractivity contribution in [3.8, 4) is 11.5 Å². The molecule has 1 aliphatic rings. The van der Waals surface area contributed by atoms with Crippen LogP contribution >= 0.6 is 0 Å². The van der Waals surface area contributed by atoms with Crippen LogP contribution in [0.4, 0.5) is 4.39 Å². The molecule has 0 saturated carbocycles. The van der Waals surface area contributed by atoms with Crippen LogP contribution in [0, 0.1) is 5.82 Å². The van der Waals surface area contributed by atoms with E-state index in [0.717, 1.165) is 18.4 Å². The molecule has 3 rings (SSSR count). The number of nitrogens with zero attached hydrogens (tertiary/aromatic N) is 1. The second kappa shape index (κ2) is 8.73. The molecule has 0 unspecified atom stereocenters. The van der Waals surface area contributed by atoms with Gasteiger partial charge in [-0.25, -0.2) is 4.39 Å². The Morgan fingerprint density at radius 2 is 1.89 bits per heavy atom. The molecular weight excluding hydrogens is 363 g/mol. The molecule has 148 valence electrons. The number of rotatable bonds is 6. The van der Waals surface area contributed by atoms with Gasteiger partial charge in [-0.15, -0.1) is 0 Å². The van der Waals surface area contributed by atoms with Crippen LogP contribution in [-0.4, -0.2) is 44.0 Å². The Labute approximate surface area is 163 Å². The summed E-state index contributed by atoms with van der Waals surface area (Å²) < 4.78 is 23.7. The number of halogens is 1. The van der Waals surface area contributed by atoms with Crippen molar-refractivity contribution in [2.24, 2.45) is 0 Å². The maximum absolute atomic E-state index is 13.0. The van der Waals surface area contributed by atoms with Crippen molar-refractivity contribution in [2.45, 2.75) is 18.9 Å². The Hall–Kier alpha value is -3.09. The van der Waals surface area contributed by atoms with E-state index in [9.17, 15) is 14.0 Å². The van der Waals surface area contributed by atoms with Crippen molar-refractivity contribution in [1.82, 2.24) is 10.2 Å². The number of ether oxygens (including phenoxy) is 2. The number of carbonyl (C=O) groups is 2. The molecular formula is C21H23FN2O4. The van der Waals surface area contributed by atoms with Gasteiger partial charge in [-0.1, -0.05) is 0 Å². The summed E-state index contributed by atoms with van der Waals surface area (Å²) in [6.07, 6.45) is 1.67. The molecule has 0 aromatic heterocycles. The van der Waals surface area contributed by atoms with E-state index in [-0.39, 0.29) is 18.5 Å². The first-order valence-corrected chi connectivity index (χ1v) is 9.08. The molecule has 0 aliphatic carbocycles. The predicted octanol–water partition coefficient (Wildman–Crippen LogP) is 2.94. The average molecular weight is 386 g/mol. The van der Waals surface area contributed by atoms with Crippen molar-refractivity contribution in [3.05, 3.63) is 59.4 Å². The number of hydrogen-bond acceptors (Lipinski definition) is 4. The monoisotopic (exact) mass is 386 g/mol. The molecule has 7 heteroatoms. The molecule has 28 heavy (non-hydrogen) atoms. The van der Waals surface area contributed by atoms with Crippen LogP contribution in [0.1, 0.15) is 34.8 Å². The largest absolute Gasteiger partial charge is 0.497 e. The van der Waals surface area contributed by atoms with Crippen molar-refractivity contribution in [2.75, 3.05) is 27.3 Å². The molecule has 2 aromatic carbocycles. The topological polar surface area (TPSA) is 67.9 Å². The molecule has 2 amide bonds. The van der Waals surface area contributed by atoms with Gasteiger partial charge < -0.3 is 19.7 Å². The fourth-order valence-corrected chi connectivity index (χ4v) is 3.45. The van der Waals surface area contributed by atoms with Gasteiger partial charge in [0.05, 0.1) is 26.8 Å². The zero-order chi connectivity index (χ0) is 20.1. The summed E-state index contributed by atoms with van der Waals surface area (Å²) in [6, 6.07) is 10.6. The molecule has 0 spiro atoms. The van der Waals surface area contributed by atoms with Gasteiger partial charge in [0.25, 0.3) is 5.91 Å². The second-order valence-electron chi connectivity index (χ2n) is 6.54. The van der Waals surface area contributed by atoms with Gasteiger partial charge in [0.1, 0.15) is 17.3 Å². The van der Waals surface area contributed by atoms with Crippen LogP contribution in [0.2, 0.25) is 0 Å². The van der Waals surface area contributed by atoms with E-state index in [0.29, 0.717) is 23.6 Å². The van der Waals surface area contributed by atoms with Gasteiger partial charge >= 0.3 is 0 Å². The summed E-state index contributed by atoms with van der Waals surface area (Å²) in [6.45, 7) is 0.481. The summed E-state index contributed by atoms with van der Waals surface area (Å²) in [5, 5.41) is 2.61. The molecule has 1 heterocycles. The second-order valence-corrected chi connectivity index (χ2v) is 6.54. The van der Waals surface area contributed by atoms with Gasteiger partial charge in [0, 0.05) is 17.7 Å². The maximum atomic E-state index is 13.0. The highest BCUT2D eigenvalue weighted by atomic mass is 19.1. The Kier molecular flexibility index (Phi) is 6.13. The maximum Gasteiger partial charge on any atom is 0.251 e. The van der Waals surface area contributed by atoms with Gasteiger partial charge in [-0.2, -0.15) is 0 Å². The lowest BCUT2D eigenvalue weighted by Gasteiger charge is -2.27. The van der Waals surface area contributed by atoms with E-state index in [2.05, 4.69) is 5.32 Å². The highest BCUT2D eigenvalue weighted by molar-refractivity contribution is 5.96. The minimum absolute atomic E-state index is 0.126. The first-order chi connectivity index (χ1) is 13.5. The smallest absolute Gasteiger partial charge is 0.251 e. The molecule has 1 fully saturated rings. The molecule has 6 nitrogen and oxygen atoms in total. The van der Waals surface area contributed by atoms with Crippen LogP contribution in [-0.2, 0) is 4.79 Å². The first-order valence-electron chi connectivity index (χ1n) is 9.08. The van der Waals surface area contributed by atoms with E-state index in [1.807, 2.05) is 18.2 Å². The van der Waals surface area contributed by atoms with Crippen LogP contribution in [0.25, 0.3) is 0 Å². The number of methoxy groups -OCH3 is 2. The quantitative estimate of drug-likeness (QED) is 0.829. The van der Waals surface area contributed by atoms with E-state index in [1.54, 1.807) is 19.1 Å². The van der Waals surface area contributed by atoms with Gasteiger partial charge in [0.2, 0.25) is 5.91 Å². The summed E-state index contributed by atoms with van der Waals surface area (Å²) in [5.41, 5.74) is 1.19. The average Bonchev–Trinajstić information content (AvgIpc) is 3.21. The van der Waals surface area contributed by atoms with Crippen LogP contribution in [0.5, 0.6) is 11.5 Å². The van der Waals surface area contributed by atoms with E-state index < -0.39 is 11.7 Å². The lowest BCUT2D eigenvalue weighted by molar-refractivity contribution is -0.131. The van der Waals surface area contributed by atoms with Crippen molar-refractivity contribution in [1.29, 1.82) is 0 Å². The minimum Gasteiger partial charge on any atom is -0.497 e. The highest BCUT2D eigenvalue weighted by Gasteiger charge is 2.32. The zero-order valence-corrected chi connectivity index (χ0v) is 15.9. The number of benzene rings is 2. The molecule has 1 atom stereocenters. The number of hydrogen-bond donors (Lipinski definition) is 1. The van der Waals surface area contributed by atoms with Gasteiger partial charge in [0.15, 0.2) is 0 Å². The summed E-state index contributed by atoms with van der Waals surface area (Å²) >= 11 is 0. The van der Waals surface area contributed by atoms with Crippen molar-refractivity contribution in [3.63, 3.8) is 0 Å². The minimum atomic E-state index is -0.417. The third kappa shape index (κ3) is 4.24. The lowest BCUT2D eigenvalue weighted by Crippen LogP contribution is -2.39. The predicted molar refractivity (Wildman–Crippen MR) is 102 cm³/mol. The van der Waals surface area contributed by atoms with Crippen molar-refractivity contribution < 1.29 is 23.5 Å². The molecule has 1 N–H and O–H groups in total. The fourth-order valence-electron chi connectivity index (χ4n) is 3.45. The first kappa shape index (κ1) is 19.7. The normalized spacial score (nSPS) is 16.0. The molecule has 0 bridgehead atoms. The van der Waals surface area contributed by atoms with E-state index >= 15 is 0 Å². The molecule has 0 radical (unpaired) electrons. The summed E-state index contributed by atoms with van der Waals surface area (Å²) in [4.78, 5) is 26.7. The standard InChI is InChI=1S/C21H23FN2O4/c1-27-16-9-10-19(28-2)17(12-16)18-4-3-11-24(18)20(25)13-23-21(26)14-5-7-15(22)8-6-14/h5-10,12,18H,3-4,11,13H2,1-2H3,(H,23,26)/t18-/m1/s1. The summed E-state index contributed by atoms with van der Waals surface area (Å²) in [7, 11) is 3.18. The zero-order valence-electron chi connectivity index (χ0n) is 15.9. The summed E-state index contributed by atoms with van der Waals surface area (Å²) in [5.74, 6) is 0.381. The molecule has 1 aliphatic heterocycles. The van der Waals surface area contributed by atoms with Gasteiger partial charge in [-0.05, 0) is 55.3 Å². The lowest BCUT2D eigenvalue weighted by atomic mass is 10.0. The Morgan fingerprint density at radius 3 is 2.57 bits per heavy atom. The SMILES string of the molecule is COc1ccc(OC)c([C@H]2CCCN2C(=O)CNC(=O)c2ccc(F)cc2)c1. The highest BCUT2D eigenvalue weighted by Crippen LogP contribution is 2.38. The van der Waals surface area contributed by atoms with E-state index in [4.69, 9.17) is 9.47 Å². The number of amides is 2. The van der Waals surface area contributed by atoms with E-state index in [1.165, 1.54) is 24.3 Å². The fraction of sp³-hybridized carbons (Fsp3) is 0.333. The number of likely N-dealkylation sites (tertiary alicyclic amines) is 1. The molecule has 1 saturated heterocycles. The van der Waals surface area contributed by atoms with Crippen LogP contribution in [0.3, 0.4) is 0 Å². The third-order valence-corrected chi connectivity index (χ3v) is 4.88. The Bertz CT molecular complexity index is 854. The number of carbonyl (C=O) groups excluding carboxylic acids is 2. The van der Waals surface area contributed by atoms with Crippen LogP contribution in [0.15, 0.2) is 42.5 Å². The van der Waals surface area contributed by atoms with Crippen molar-refractivity contribution >= 4 is 11.8 Å². The molecule has 2 aromatic rings. The van der Waals surface area contributed by atoms with Gasteiger partial charge in [-0.3, -0.25) is 9.59 Å². The Morgan fingerprint density at radius 1 is 1.14 bits per heavy atom. The Balaban J connectivity index is 1.69.